The van der Waals surface area contributed by atoms with E-state index in [0.29, 0.717) is 0 Å². The summed E-state index contributed by atoms with van der Waals surface area (Å²) in [5.41, 5.74) is 0.0947. The lowest BCUT2D eigenvalue weighted by atomic mass is 10.3. The molecule has 16 heavy (non-hydrogen) atoms. The summed E-state index contributed by atoms with van der Waals surface area (Å²) in [6.45, 7) is 1.81. The number of aromatic nitrogens is 1. The SMILES string of the molecule is CC(O)CN(C)C(=O)c1nc(Cl)ccc1Cl. The molecule has 6 heteroatoms. The van der Waals surface area contributed by atoms with E-state index in [-0.39, 0.29) is 28.3 Å². The van der Waals surface area contributed by atoms with Crippen molar-refractivity contribution in [3.63, 3.8) is 0 Å². The van der Waals surface area contributed by atoms with Crippen LogP contribution in [0.5, 0.6) is 0 Å². The molecule has 1 N–H and O–H groups in total. The lowest BCUT2D eigenvalue weighted by Gasteiger charge is -2.18. The van der Waals surface area contributed by atoms with Crippen LogP contribution in [0.15, 0.2) is 12.1 Å². The minimum atomic E-state index is -0.605. The minimum Gasteiger partial charge on any atom is -0.392 e. The number of hydrogen-bond donors (Lipinski definition) is 1. The highest BCUT2D eigenvalue weighted by Gasteiger charge is 2.18. The number of amides is 1. The van der Waals surface area contributed by atoms with Crippen LogP contribution < -0.4 is 0 Å². The molecule has 0 aliphatic rings. The second-order valence-electron chi connectivity index (χ2n) is 3.50. The maximum Gasteiger partial charge on any atom is 0.273 e. The Kier molecular flexibility index (Phi) is 4.53. The fourth-order valence-electron chi connectivity index (χ4n) is 1.23. The molecule has 1 atom stereocenters. The summed E-state index contributed by atoms with van der Waals surface area (Å²) in [5, 5.41) is 9.62. The molecule has 1 unspecified atom stereocenters. The van der Waals surface area contributed by atoms with Crippen molar-refractivity contribution in [3.05, 3.63) is 28.0 Å². The quantitative estimate of drug-likeness (QED) is 0.846. The monoisotopic (exact) mass is 262 g/mol. The van der Waals surface area contributed by atoms with Crippen molar-refractivity contribution < 1.29 is 9.90 Å². The van der Waals surface area contributed by atoms with Gasteiger partial charge in [0.15, 0.2) is 0 Å². The van der Waals surface area contributed by atoms with Crippen LogP contribution in [0.1, 0.15) is 17.4 Å². The number of pyridine rings is 1. The summed E-state index contributed by atoms with van der Waals surface area (Å²) in [7, 11) is 1.56. The second kappa shape index (κ2) is 5.48. The fourth-order valence-corrected chi connectivity index (χ4v) is 1.56. The molecular formula is C10H12Cl2N2O2. The van der Waals surface area contributed by atoms with E-state index < -0.39 is 6.10 Å². The van der Waals surface area contributed by atoms with E-state index in [1.54, 1.807) is 14.0 Å². The van der Waals surface area contributed by atoms with Crippen LogP contribution >= 0.6 is 23.2 Å². The van der Waals surface area contributed by atoms with Gasteiger partial charge in [-0.05, 0) is 19.1 Å². The molecular weight excluding hydrogens is 251 g/mol. The summed E-state index contributed by atoms with van der Waals surface area (Å²) >= 11 is 11.5. The predicted molar refractivity (Wildman–Crippen MR) is 62.9 cm³/mol. The topological polar surface area (TPSA) is 53.4 Å². The van der Waals surface area contributed by atoms with Crippen LogP contribution in [0.25, 0.3) is 0 Å². The van der Waals surface area contributed by atoms with Crippen LogP contribution in [0.3, 0.4) is 0 Å². The molecule has 0 saturated heterocycles. The van der Waals surface area contributed by atoms with Crippen molar-refractivity contribution in [2.24, 2.45) is 0 Å². The third-order valence-electron chi connectivity index (χ3n) is 1.90. The van der Waals surface area contributed by atoms with Crippen molar-refractivity contribution in [1.29, 1.82) is 0 Å². The first kappa shape index (κ1) is 13.2. The summed E-state index contributed by atoms with van der Waals surface area (Å²) < 4.78 is 0. The maximum atomic E-state index is 11.9. The van der Waals surface area contributed by atoms with Crippen molar-refractivity contribution >= 4 is 29.1 Å². The van der Waals surface area contributed by atoms with Gasteiger partial charge < -0.3 is 10.0 Å². The van der Waals surface area contributed by atoms with Crippen molar-refractivity contribution in [2.75, 3.05) is 13.6 Å². The third-order valence-corrected chi connectivity index (χ3v) is 2.41. The Labute approximate surface area is 104 Å². The van der Waals surface area contributed by atoms with Gasteiger partial charge in [0.1, 0.15) is 10.8 Å². The number of aliphatic hydroxyl groups is 1. The Morgan fingerprint density at radius 1 is 1.56 bits per heavy atom. The molecule has 0 spiro atoms. The molecule has 4 nitrogen and oxygen atoms in total. The van der Waals surface area contributed by atoms with E-state index in [1.807, 2.05) is 0 Å². The maximum absolute atomic E-state index is 11.9. The molecule has 1 aromatic heterocycles. The summed E-state index contributed by atoms with van der Waals surface area (Å²) in [6.07, 6.45) is -0.605. The Morgan fingerprint density at radius 2 is 2.19 bits per heavy atom. The van der Waals surface area contributed by atoms with Gasteiger partial charge in [-0.25, -0.2) is 4.98 Å². The summed E-state index contributed by atoms with van der Waals surface area (Å²) in [5.74, 6) is -0.367. The molecule has 0 aromatic carbocycles. The Balaban J connectivity index is 2.91. The number of nitrogens with zero attached hydrogens (tertiary/aromatic N) is 2. The number of likely N-dealkylation sites (N-methyl/N-ethyl adjacent to an activating group) is 1. The van der Waals surface area contributed by atoms with Crippen LogP contribution in [0.4, 0.5) is 0 Å². The lowest BCUT2D eigenvalue weighted by Crippen LogP contribution is -2.33. The van der Waals surface area contributed by atoms with Gasteiger partial charge in [0.05, 0.1) is 11.1 Å². The fraction of sp³-hybridized carbons (Fsp3) is 0.400. The highest BCUT2D eigenvalue weighted by molar-refractivity contribution is 6.34. The third kappa shape index (κ3) is 3.33. The molecule has 0 aliphatic carbocycles. The number of halogens is 2. The smallest absolute Gasteiger partial charge is 0.273 e. The molecule has 88 valence electrons. The van der Waals surface area contributed by atoms with E-state index in [4.69, 9.17) is 28.3 Å². The largest absolute Gasteiger partial charge is 0.392 e. The van der Waals surface area contributed by atoms with E-state index in [2.05, 4.69) is 4.98 Å². The molecule has 0 bridgehead atoms. The standard InChI is InChI=1S/C10H12Cl2N2O2/c1-6(15)5-14(2)10(16)9-7(11)3-4-8(12)13-9/h3-4,6,15H,5H2,1-2H3. The van der Waals surface area contributed by atoms with Gasteiger partial charge in [-0.2, -0.15) is 0 Å². The molecule has 0 radical (unpaired) electrons. The number of carbonyl (C=O) groups is 1. The predicted octanol–water partition coefficient (Wildman–Crippen LogP) is 1.84. The van der Waals surface area contributed by atoms with E-state index in [9.17, 15) is 4.79 Å². The number of aliphatic hydroxyl groups excluding tert-OH is 1. The van der Waals surface area contributed by atoms with Crippen LogP contribution in [0.2, 0.25) is 10.2 Å². The Hall–Kier alpha value is -0.840. The van der Waals surface area contributed by atoms with Gasteiger partial charge in [0.2, 0.25) is 0 Å². The molecule has 0 fully saturated rings. The second-order valence-corrected chi connectivity index (χ2v) is 4.29. The number of carbonyl (C=O) groups excluding carboxylic acids is 1. The highest BCUT2D eigenvalue weighted by atomic mass is 35.5. The molecule has 0 saturated carbocycles. The normalized spacial score (nSPS) is 12.3. The van der Waals surface area contributed by atoms with Crippen molar-refractivity contribution in [3.8, 4) is 0 Å². The van der Waals surface area contributed by atoms with Crippen LogP contribution in [-0.2, 0) is 0 Å². The van der Waals surface area contributed by atoms with Gasteiger partial charge >= 0.3 is 0 Å². The van der Waals surface area contributed by atoms with Crippen LogP contribution in [0, 0.1) is 0 Å². The van der Waals surface area contributed by atoms with Gasteiger partial charge in [0, 0.05) is 13.6 Å². The summed E-state index contributed by atoms with van der Waals surface area (Å²) in [4.78, 5) is 17.1. The van der Waals surface area contributed by atoms with Gasteiger partial charge in [-0.3, -0.25) is 4.79 Å². The molecule has 0 aliphatic heterocycles. The van der Waals surface area contributed by atoms with E-state index in [1.165, 1.54) is 17.0 Å². The zero-order valence-corrected chi connectivity index (χ0v) is 10.5. The van der Waals surface area contributed by atoms with E-state index in [0.717, 1.165) is 0 Å². The molecule has 1 amide bonds. The molecule has 1 heterocycles. The zero-order valence-electron chi connectivity index (χ0n) is 8.94. The average Bonchev–Trinajstić information content (AvgIpc) is 2.19. The lowest BCUT2D eigenvalue weighted by molar-refractivity contribution is 0.0698. The number of hydrogen-bond acceptors (Lipinski definition) is 3. The van der Waals surface area contributed by atoms with Gasteiger partial charge in [-0.15, -0.1) is 0 Å². The number of rotatable bonds is 3. The minimum absolute atomic E-state index is 0.0947. The highest BCUT2D eigenvalue weighted by Crippen LogP contribution is 2.18. The van der Waals surface area contributed by atoms with Gasteiger partial charge in [0.25, 0.3) is 5.91 Å². The Bertz CT molecular complexity index is 396. The Morgan fingerprint density at radius 3 is 2.75 bits per heavy atom. The van der Waals surface area contributed by atoms with Crippen molar-refractivity contribution in [1.82, 2.24) is 9.88 Å². The zero-order chi connectivity index (χ0) is 12.3. The first-order valence-corrected chi connectivity index (χ1v) is 5.43. The first-order chi connectivity index (χ1) is 7.41. The molecule has 1 rings (SSSR count). The van der Waals surface area contributed by atoms with E-state index >= 15 is 0 Å². The van der Waals surface area contributed by atoms with Gasteiger partial charge in [-0.1, -0.05) is 23.2 Å². The average molecular weight is 263 g/mol. The molecule has 1 aromatic rings. The van der Waals surface area contributed by atoms with Crippen molar-refractivity contribution in [2.45, 2.75) is 13.0 Å². The van der Waals surface area contributed by atoms with Crippen LogP contribution in [-0.4, -0.2) is 40.6 Å². The first-order valence-electron chi connectivity index (χ1n) is 4.67. The summed E-state index contributed by atoms with van der Waals surface area (Å²) in [6, 6.07) is 3.02.